The van der Waals surface area contributed by atoms with Gasteiger partial charge in [0.05, 0.1) is 0 Å². The van der Waals surface area contributed by atoms with Crippen molar-refractivity contribution >= 4 is 0 Å². The first-order valence-corrected chi connectivity index (χ1v) is 4.94. The van der Waals surface area contributed by atoms with Crippen LogP contribution in [-0.2, 0) is 16.1 Å². The Morgan fingerprint density at radius 2 is 2.33 bits per heavy atom. The Morgan fingerprint density at radius 3 is 2.93 bits per heavy atom. The molecule has 6 heteroatoms. The molecule has 0 aliphatic heterocycles. The van der Waals surface area contributed by atoms with E-state index in [2.05, 4.69) is 10.1 Å². The minimum Gasteiger partial charge on any atom is -0.373 e. The van der Waals surface area contributed by atoms with E-state index in [1.165, 1.54) is 0 Å². The predicted molar refractivity (Wildman–Crippen MR) is 53.0 cm³/mol. The lowest BCUT2D eigenvalue weighted by atomic mass is 10.3. The molecule has 0 aliphatic carbocycles. The highest BCUT2D eigenvalue weighted by Crippen LogP contribution is 2.12. The van der Waals surface area contributed by atoms with Crippen molar-refractivity contribution in [3.63, 3.8) is 0 Å². The van der Waals surface area contributed by atoms with Gasteiger partial charge < -0.3 is 19.7 Å². The number of ether oxygens (including phenoxy) is 2. The number of rotatable bonds is 7. The first-order valence-electron chi connectivity index (χ1n) is 4.94. The molecule has 0 bridgehead atoms. The van der Waals surface area contributed by atoms with E-state index in [-0.39, 0.29) is 6.10 Å². The topological polar surface area (TPSA) is 83.4 Å². The van der Waals surface area contributed by atoms with Gasteiger partial charge in [0, 0.05) is 20.3 Å². The van der Waals surface area contributed by atoms with Gasteiger partial charge in [-0.3, -0.25) is 0 Å². The lowest BCUT2D eigenvalue weighted by Crippen LogP contribution is -2.14. The van der Waals surface area contributed by atoms with E-state index in [1.807, 2.05) is 6.92 Å². The van der Waals surface area contributed by atoms with E-state index >= 15 is 0 Å². The van der Waals surface area contributed by atoms with Gasteiger partial charge in [0.2, 0.25) is 0 Å². The summed E-state index contributed by atoms with van der Waals surface area (Å²) in [6.45, 7) is 3.40. The molecule has 0 saturated heterocycles. The summed E-state index contributed by atoms with van der Waals surface area (Å²) in [6, 6.07) is 0. The minimum atomic E-state index is -0.336. The lowest BCUT2D eigenvalue weighted by Gasteiger charge is -2.05. The van der Waals surface area contributed by atoms with Gasteiger partial charge in [-0.15, -0.1) is 0 Å². The number of hydrogen-bond acceptors (Lipinski definition) is 6. The van der Waals surface area contributed by atoms with Gasteiger partial charge in [-0.25, -0.2) is 0 Å². The van der Waals surface area contributed by atoms with Crippen molar-refractivity contribution < 1.29 is 14.0 Å². The molecule has 2 N–H and O–H groups in total. The van der Waals surface area contributed by atoms with Gasteiger partial charge in [0.1, 0.15) is 12.7 Å². The van der Waals surface area contributed by atoms with E-state index in [1.54, 1.807) is 7.11 Å². The van der Waals surface area contributed by atoms with Crippen molar-refractivity contribution in [3.05, 3.63) is 11.7 Å². The number of nitrogens with two attached hydrogens (primary N) is 1. The molecular formula is C9H17N3O3. The summed E-state index contributed by atoms with van der Waals surface area (Å²) in [4.78, 5) is 4.12. The highest BCUT2D eigenvalue weighted by Gasteiger charge is 2.16. The van der Waals surface area contributed by atoms with Crippen molar-refractivity contribution in [1.82, 2.24) is 10.1 Å². The molecule has 0 radical (unpaired) electrons. The van der Waals surface area contributed by atoms with Crippen LogP contribution in [0, 0.1) is 0 Å². The van der Waals surface area contributed by atoms with E-state index in [0.29, 0.717) is 31.5 Å². The molecule has 6 nitrogen and oxygen atoms in total. The van der Waals surface area contributed by atoms with Crippen LogP contribution >= 0.6 is 0 Å². The Morgan fingerprint density at radius 1 is 1.53 bits per heavy atom. The summed E-state index contributed by atoms with van der Waals surface area (Å²) in [5.41, 5.74) is 5.46. The van der Waals surface area contributed by atoms with Crippen molar-refractivity contribution in [2.24, 2.45) is 5.73 Å². The third-order valence-electron chi connectivity index (χ3n) is 1.84. The third kappa shape index (κ3) is 3.58. The van der Waals surface area contributed by atoms with Crippen LogP contribution in [0.1, 0.15) is 31.2 Å². The molecule has 1 aromatic rings. The molecule has 15 heavy (non-hydrogen) atoms. The zero-order valence-electron chi connectivity index (χ0n) is 9.10. The number of methoxy groups -OCH3 is 1. The summed E-state index contributed by atoms with van der Waals surface area (Å²) in [5.74, 6) is 0.920. The van der Waals surface area contributed by atoms with Gasteiger partial charge >= 0.3 is 0 Å². The molecule has 1 unspecified atom stereocenters. The summed E-state index contributed by atoms with van der Waals surface area (Å²) >= 11 is 0. The van der Waals surface area contributed by atoms with Gasteiger partial charge in [-0.1, -0.05) is 12.1 Å². The number of aromatic nitrogens is 2. The molecule has 0 aromatic carbocycles. The van der Waals surface area contributed by atoms with Crippen LogP contribution in [0.5, 0.6) is 0 Å². The lowest BCUT2D eigenvalue weighted by molar-refractivity contribution is 0.0803. The van der Waals surface area contributed by atoms with E-state index in [4.69, 9.17) is 19.7 Å². The monoisotopic (exact) mass is 215 g/mol. The van der Waals surface area contributed by atoms with Gasteiger partial charge in [-0.2, -0.15) is 4.98 Å². The Bertz CT molecular complexity index is 273. The largest absolute Gasteiger partial charge is 0.373 e. The number of hydrogen-bond donors (Lipinski definition) is 1. The maximum atomic E-state index is 5.46. The molecule has 1 aromatic heterocycles. The smallest absolute Gasteiger partial charge is 0.257 e. The molecule has 1 rings (SSSR count). The van der Waals surface area contributed by atoms with Crippen LogP contribution in [0.25, 0.3) is 0 Å². The second-order valence-electron chi connectivity index (χ2n) is 3.06. The Kier molecular flexibility index (Phi) is 5.23. The Balaban J connectivity index is 2.47. The van der Waals surface area contributed by atoms with Crippen LogP contribution in [-0.4, -0.2) is 30.4 Å². The molecular weight excluding hydrogens is 198 g/mol. The SMILES string of the molecule is CCCOCc1noc(C(CN)OC)n1. The van der Waals surface area contributed by atoms with Gasteiger partial charge in [0.25, 0.3) is 5.89 Å². The van der Waals surface area contributed by atoms with E-state index in [0.717, 1.165) is 6.42 Å². The standard InChI is InChI=1S/C9H17N3O3/c1-3-4-14-6-8-11-9(15-12-8)7(5-10)13-2/h7H,3-6,10H2,1-2H3. The average molecular weight is 215 g/mol. The molecule has 0 spiro atoms. The van der Waals surface area contributed by atoms with Crippen molar-refractivity contribution in [2.75, 3.05) is 20.3 Å². The summed E-state index contributed by atoms with van der Waals surface area (Å²) in [5, 5.41) is 3.76. The Hall–Kier alpha value is -0.980. The van der Waals surface area contributed by atoms with Gasteiger partial charge in [0.15, 0.2) is 5.82 Å². The van der Waals surface area contributed by atoms with Crippen molar-refractivity contribution in [2.45, 2.75) is 26.1 Å². The highest BCUT2D eigenvalue weighted by molar-refractivity contribution is 4.89. The highest BCUT2D eigenvalue weighted by atomic mass is 16.5. The summed E-state index contributed by atoms with van der Waals surface area (Å²) in [6.07, 6.45) is 0.631. The summed E-state index contributed by atoms with van der Waals surface area (Å²) < 4.78 is 15.3. The zero-order chi connectivity index (χ0) is 11.1. The molecule has 0 amide bonds. The number of nitrogens with zero attached hydrogens (tertiary/aromatic N) is 2. The Labute approximate surface area is 88.7 Å². The van der Waals surface area contributed by atoms with Gasteiger partial charge in [-0.05, 0) is 6.42 Å². The molecule has 86 valence electrons. The maximum absolute atomic E-state index is 5.46. The van der Waals surface area contributed by atoms with Crippen LogP contribution in [0.3, 0.4) is 0 Å². The molecule has 1 atom stereocenters. The molecule has 1 heterocycles. The maximum Gasteiger partial charge on any atom is 0.257 e. The fourth-order valence-corrected chi connectivity index (χ4v) is 1.06. The van der Waals surface area contributed by atoms with Crippen molar-refractivity contribution in [3.8, 4) is 0 Å². The predicted octanol–water partition coefficient (Wildman–Crippen LogP) is 0.642. The molecule has 0 aliphatic rings. The third-order valence-corrected chi connectivity index (χ3v) is 1.84. The first-order chi connectivity index (χ1) is 7.31. The fourth-order valence-electron chi connectivity index (χ4n) is 1.06. The second-order valence-corrected chi connectivity index (χ2v) is 3.06. The molecule has 0 fully saturated rings. The minimum absolute atomic E-state index is 0.313. The van der Waals surface area contributed by atoms with Crippen LogP contribution in [0.15, 0.2) is 4.52 Å². The average Bonchev–Trinajstić information content (AvgIpc) is 2.69. The fraction of sp³-hybridized carbons (Fsp3) is 0.778. The molecule has 0 saturated carbocycles. The van der Waals surface area contributed by atoms with E-state index < -0.39 is 0 Å². The van der Waals surface area contributed by atoms with Crippen LogP contribution in [0.2, 0.25) is 0 Å². The second kappa shape index (κ2) is 6.49. The normalized spacial score (nSPS) is 13.0. The quantitative estimate of drug-likeness (QED) is 0.672. The van der Waals surface area contributed by atoms with Crippen molar-refractivity contribution in [1.29, 1.82) is 0 Å². The first kappa shape index (κ1) is 12.1. The zero-order valence-corrected chi connectivity index (χ0v) is 9.10. The van der Waals surface area contributed by atoms with Crippen LogP contribution < -0.4 is 5.73 Å². The summed E-state index contributed by atoms with van der Waals surface area (Å²) in [7, 11) is 1.55. The van der Waals surface area contributed by atoms with E-state index in [9.17, 15) is 0 Å². The van der Waals surface area contributed by atoms with Crippen LogP contribution in [0.4, 0.5) is 0 Å².